The van der Waals surface area contributed by atoms with Gasteiger partial charge in [-0.1, -0.05) is 27.7 Å². The first-order valence-electron chi connectivity index (χ1n) is 13.7. The Labute approximate surface area is 253 Å². The maximum atomic E-state index is 12.7. The summed E-state index contributed by atoms with van der Waals surface area (Å²) < 4.78 is 39.8. The van der Waals surface area contributed by atoms with Crippen LogP contribution in [-0.4, -0.2) is 111 Å². The highest BCUT2D eigenvalue weighted by atomic mass is 35.5. The van der Waals surface area contributed by atoms with Crippen molar-refractivity contribution in [3.63, 3.8) is 0 Å². The van der Waals surface area contributed by atoms with Gasteiger partial charge in [0.1, 0.15) is 12.3 Å². The van der Waals surface area contributed by atoms with Gasteiger partial charge in [0.25, 0.3) is 0 Å². The molecule has 4 heterocycles. The molecule has 0 aliphatic carbocycles. The van der Waals surface area contributed by atoms with Crippen LogP contribution in [0.1, 0.15) is 40.3 Å². The molecule has 16 nitrogen and oxygen atoms in total. The van der Waals surface area contributed by atoms with E-state index in [-0.39, 0.29) is 29.9 Å². The Morgan fingerprint density at radius 1 is 1.30 bits per heavy atom. The number of likely N-dealkylation sites (N-methyl/N-ethyl adjacent to an activating group) is 1. The Balaban J connectivity index is 1.33. The summed E-state index contributed by atoms with van der Waals surface area (Å²) in [5, 5.41) is 14.3. The number of aliphatic hydroxyl groups excluding tert-OH is 1. The predicted molar refractivity (Wildman–Crippen MR) is 152 cm³/mol. The Hall–Kier alpha value is -2.59. The lowest BCUT2D eigenvalue weighted by atomic mass is 9.99. The SMILES string of the molecule is C[C@H]1[C@@H](O)[C@H](n2cnc3c(N[C@H]4CCOC4)nc(Cl)nc32)O[C@@H]1CN(C)C(=O)CP(=O)(O)OCOC(=O)OCC(C)(C)C. The van der Waals surface area contributed by atoms with Gasteiger partial charge in [0.05, 0.1) is 31.7 Å². The molecule has 18 heteroatoms. The van der Waals surface area contributed by atoms with E-state index in [9.17, 15) is 24.2 Å². The quantitative estimate of drug-likeness (QED) is 0.139. The molecule has 0 saturated carbocycles. The summed E-state index contributed by atoms with van der Waals surface area (Å²) in [5.41, 5.74) is 0.506. The van der Waals surface area contributed by atoms with E-state index in [0.29, 0.717) is 30.2 Å². The number of imidazole rings is 1. The molecule has 3 N–H and O–H groups in total. The number of aliphatic hydroxyl groups is 1. The van der Waals surface area contributed by atoms with Crippen LogP contribution >= 0.6 is 19.2 Å². The van der Waals surface area contributed by atoms with Crippen LogP contribution in [0.25, 0.3) is 11.2 Å². The van der Waals surface area contributed by atoms with Gasteiger partial charge in [0.2, 0.25) is 18.0 Å². The van der Waals surface area contributed by atoms with Gasteiger partial charge in [0, 0.05) is 26.1 Å². The number of ether oxygens (including phenoxy) is 4. The number of rotatable bonds is 11. The number of hydrogen-bond donors (Lipinski definition) is 3. The average Bonchev–Trinajstić information content (AvgIpc) is 3.63. The molecule has 0 spiro atoms. The lowest BCUT2D eigenvalue weighted by molar-refractivity contribution is -0.130. The molecule has 2 aliphatic heterocycles. The van der Waals surface area contributed by atoms with Crippen molar-refractivity contribution in [3.8, 4) is 0 Å². The fourth-order valence-corrected chi connectivity index (χ4v) is 5.56. The number of aromatic nitrogens is 4. The summed E-state index contributed by atoms with van der Waals surface area (Å²) in [5.74, 6) is -0.712. The van der Waals surface area contributed by atoms with Gasteiger partial charge in [-0.3, -0.25) is 18.5 Å². The Bertz CT molecular complexity index is 1350. The van der Waals surface area contributed by atoms with Gasteiger partial charge >= 0.3 is 13.8 Å². The molecule has 6 atom stereocenters. The molecule has 1 amide bonds. The van der Waals surface area contributed by atoms with Crippen LogP contribution in [0.5, 0.6) is 0 Å². The van der Waals surface area contributed by atoms with E-state index in [0.717, 1.165) is 6.42 Å². The summed E-state index contributed by atoms with van der Waals surface area (Å²) in [4.78, 5) is 48.7. The highest BCUT2D eigenvalue weighted by molar-refractivity contribution is 7.53. The van der Waals surface area contributed by atoms with E-state index in [4.69, 9.17) is 30.3 Å². The molecule has 2 aromatic heterocycles. The first-order chi connectivity index (χ1) is 20.1. The van der Waals surface area contributed by atoms with Crippen molar-refractivity contribution in [1.29, 1.82) is 0 Å². The van der Waals surface area contributed by atoms with Crippen molar-refractivity contribution in [1.82, 2.24) is 24.4 Å². The minimum Gasteiger partial charge on any atom is -0.434 e. The molecule has 2 saturated heterocycles. The maximum Gasteiger partial charge on any atom is 0.510 e. The van der Waals surface area contributed by atoms with Crippen molar-refractivity contribution in [2.75, 3.05) is 51.7 Å². The van der Waals surface area contributed by atoms with Gasteiger partial charge in [-0.15, -0.1) is 0 Å². The van der Waals surface area contributed by atoms with Gasteiger partial charge in [-0.2, -0.15) is 9.97 Å². The van der Waals surface area contributed by atoms with Crippen LogP contribution in [0.4, 0.5) is 10.6 Å². The third-order valence-corrected chi connectivity index (χ3v) is 8.29. The second-order valence-corrected chi connectivity index (χ2v) is 14.0. The largest absolute Gasteiger partial charge is 0.510 e. The van der Waals surface area contributed by atoms with E-state index < -0.39 is 57.0 Å². The van der Waals surface area contributed by atoms with Gasteiger partial charge < -0.3 is 39.2 Å². The zero-order chi connectivity index (χ0) is 31.5. The average molecular weight is 649 g/mol. The van der Waals surface area contributed by atoms with E-state index in [1.165, 1.54) is 18.3 Å². The molecule has 2 fully saturated rings. The van der Waals surface area contributed by atoms with Gasteiger partial charge in [-0.25, -0.2) is 9.78 Å². The first kappa shape index (κ1) is 33.3. The van der Waals surface area contributed by atoms with Crippen LogP contribution in [-0.2, 0) is 32.8 Å². The van der Waals surface area contributed by atoms with Crippen molar-refractivity contribution in [3.05, 3.63) is 11.6 Å². The lowest BCUT2D eigenvalue weighted by Crippen LogP contribution is -2.38. The molecule has 2 aromatic rings. The van der Waals surface area contributed by atoms with Crippen LogP contribution in [0, 0.1) is 11.3 Å². The lowest BCUT2D eigenvalue weighted by Gasteiger charge is -2.24. The summed E-state index contributed by atoms with van der Waals surface area (Å²) in [7, 11) is -3.02. The number of fused-ring (bicyclic) bond motifs is 1. The second-order valence-electron chi connectivity index (χ2n) is 11.8. The summed E-state index contributed by atoms with van der Waals surface area (Å²) in [6.07, 6.45) is -2.18. The summed E-state index contributed by atoms with van der Waals surface area (Å²) >= 11 is 6.21. The molecule has 43 heavy (non-hydrogen) atoms. The molecule has 0 aromatic carbocycles. The molecule has 2 aliphatic rings. The summed E-state index contributed by atoms with van der Waals surface area (Å²) in [6.45, 7) is 7.70. The van der Waals surface area contributed by atoms with Crippen molar-refractivity contribution < 1.29 is 47.6 Å². The van der Waals surface area contributed by atoms with Crippen LogP contribution in [0.2, 0.25) is 5.28 Å². The molecular formula is C25H38ClN6O10P. The number of nitrogens with one attached hydrogen (secondary N) is 1. The van der Waals surface area contributed by atoms with Crippen molar-refractivity contribution in [2.24, 2.45) is 11.3 Å². The molecule has 0 radical (unpaired) electrons. The third kappa shape index (κ3) is 8.75. The second kappa shape index (κ2) is 13.6. The minimum atomic E-state index is -4.45. The number of carbonyl (C=O) groups excluding carboxylic acids is 2. The minimum absolute atomic E-state index is 0.0000444. The Morgan fingerprint density at radius 2 is 2.05 bits per heavy atom. The topological polar surface area (TPSA) is 197 Å². The van der Waals surface area contributed by atoms with Gasteiger partial charge in [0.15, 0.2) is 23.2 Å². The highest BCUT2D eigenvalue weighted by Gasteiger charge is 2.44. The van der Waals surface area contributed by atoms with E-state index in [2.05, 4.69) is 25.0 Å². The zero-order valence-electron chi connectivity index (χ0n) is 24.6. The normalized spacial score (nSPS) is 25.4. The predicted octanol–water partition coefficient (Wildman–Crippen LogP) is 2.39. The number of nitrogens with zero attached hydrogens (tertiary/aromatic N) is 5. The van der Waals surface area contributed by atoms with Crippen LogP contribution < -0.4 is 5.32 Å². The fraction of sp³-hybridized carbons (Fsp3) is 0.720. The van der Waals surface area contributed by atoms with E-state index in [1.807, 2.05) is 20.8 Å². The maximum absolute atomic E-state index is 12.7. The molecule has 240 valence electrons. The van der Waals surface area contributed by atoms with Crippen LogP contribution in [0.15, 0.2) is 6.33 Å². The van der Waals surface area contributed by atoms with Crippen molar-refractivity contribution in [2.45, 2.75) is 58.6 Å². The Morgan fingerprint density at radius 3 is 2.72 bits per heavy atom. The number of halogens is 1. The van der Waals surface area contributed by atoms with E-state index >= 15 is 0 Å². The number of amides is 1. The zero-order valence-corrected chi connectivity index (χ0v) is 26.3. The Kier molecular flexibility index (Phi) is 10.5. The van der Waals surface area contributed by atoms with Gasteiger partial charge in [-0.05, 0) is 23.4 Å². The first-order valence-corrected chi connectivity index (χ1v) is 15.9. The third-order valence-electron chi connectivity index (χ3n) is 6.94. The molecule has 4 rings (SSSR count). The number of carbonyl (C=O) groups is 2. The summed E-state index contributed by atoms with van der Waals surface area (Å²) in [6, 6.07) is 0.0483. The van der Waals surface area contributed by atoms with Crippen molar-refractivity contribution >= 4 is 48.2 Å². The van der Waals surface area contributed by atoms with E-state index in [1.54, 1.807) is 11.5 Å². The number of anilines is 1. The highest BCUT2D eigenvalue weighted by Crippen LogP contribution is 2.42. The molecule has 1 unspecified atom stereocenters. The standard InChI is InChI=1S/C25H38ClN6O10P/c1-14-16(8-31(5)17(33)10-43(36,37)41-13-40-24(35)39-11-25(2,3)4)42-22(19(14)34)32-12-27-18-20(28-15-6-7-38-9-15)29-23(26)30-21(18)32/h12,14-16,19,22,34H,6-11,13H2,1-5H3,(H,36,37)(H,28,29,30)/t14-,15+,16-,19-,22-/m1/s1. The smallest absolute Gasteiger partial charge is 0.434 e. The monoisotopic (exact) mass is 648 g/mol. The van der Waals surface area contributed by atoms with Crippen LogP contribution in [0.3, 0.4) is 0 Å². The number of hydrogen-bond acceptors (Lipinski definition) is 13. The molecule has 0 bridgehead atoms. The fourth-order valence-electron chi connectivity index (χ4n) is 4.50. The molecular weight excluding hydrogens is 611 g/mol.